The normalized spacial score (nSPS) is 11.9. The van der Waals surface area contributed by atoms with Crippen LogP contribution in [-0.4, -0.2) is 62.8 Å². The van der Waals surface area contributed by atoms with Gasteiger partial charge in [0.1, 0.15) is 73.9 Å². The van der Waals surface area contributed by atoms with Crippen molar-refractivity contribution in [2.24, 2.45) is 0 Å². The first-order chi connectivity index (χ1) is 28.6. The van der Waals surface area contributed by atoms with E-state index in [0.29, 0.717) is 0 Å². The van der Waals surface area contributed by atoms with Gasteiger partial charge in [-0.2, -0.15) is 0 Å². The first-order valence-corrected chi connectivity index (χ1v) is 20.9. The van der Waals surface area contributed by atoms with Crippen molar-refractivity contribution in [1.29, 1.82) is 0 Å². The fraction of sp³-hybridized carbons (Fsp3) is 0. The smallest absolute Gasteiger partial charge is 0.139 e. The molecule has 0 aliphatic carbocycles. The zero-order valence-corrected chi connectivity index (χ0v) is 35.1. The molecule has 59 heavy (non-hydrogen) atoms. The number of fused-ring (bicyclic) bond motifs is 8. The van der Waals surface area contributed by atoms with Crippen molar-refractivity contribution >= 4 is 182 Å². The molecule has 9 heteroatoms. The average Bonchev–Trinajstić information content (AvgIpc) is 3.62. The molecule has 0 unspecified atom stereocenters. The maximum absolute atomic E-state index is 6.56. The van der Waals surface area contributed by atoms with Gasteiger partial charge in [0, 0.05) is 10.8 Å². The van der Waals surface area contributed by atoms with Crippen molar-refractivity contribution < 1.29 is 4.42 Å². The van der Waals surface area contributed by atoms with Crippen LogP contribution in [-0.2, 0) is 0 Å². The average molecular weight is 741 g/mol. The van der Waals surface area contributed by atoms with Crippen molar-refractivity contribution in [2.45, 2.75) is 0 Å². The maximum atomic E-state index is 6.56. The van der Waals surface area contributed by atoms with Gasteiger partial charge in [0.15, 0.2) is 0 Å². The number of rotatable bonds is 3. The second kappa shape index (κ2) is 13.2. The quantitative estimate of drug-likeness (QED) is 0.189. The SMILES string of the molecule is Bc1c(B)c(B)c2c(-c3ccc(-c4cccc5ccccc45)c4ccccc34)c3c(B)c(B)c(B)c(B)c3c(-c3ccc4oc5cc6ccccc6cc5c4c3)c2c1B. The van der Waals surface area contributed by atoms with Gasteiger partial charge in [-0.05, 0) is 112 Å². The monoisotopic (exact) mass is 742 g/mol. The van der Waals surface area contributed by atoms with Gasteiger partial charge < -0.3 is 4.42 Å². The van der Waals surface area contributed by atoms with E-state index >= 15 is 0 Å². The van der Waals surface area contributed by atoms with Gasteiger partial charge in [0.2, 0.25) is 0 Å². The van der Waals surface area contributed by atoms with Crippen LogP contribution >= 0.6 is 0 Å². The van der Waals surface area contributed by atoms with Gasteiger partial charge in [-0.3, -0.25) is 0 Å². The van der Waals surface area contributed by atoms with E-state index in [2.05, 4.69) is 196 Å². The second-order valence-electron chi connectivity index (χ2n) is 17.0. The van der Waals surface area contributed by atoms with E-state index in [-0.39, 0.29) is 0 Å². The standard InChI is InChI=1S/C50H38B8O/c51-43-39-37(26-16-19-35-33(21-26)34-20-24-9-1-2-10-25(24)22-36(34)59-35)40-42(46(54)50(58)48(56)44(40)52)38(41(39)45(53)49(57)47(43)55)32-18-17-31(29-13-5-6-14-30(29)32)28-15-7-11-23-8-3-4-12-27(23)28/h1-22H,51-58H2. The van der Waals surface area contributed by atoms with Gasteiger partial charge in [0.05, 0.1) is 0 Å². The molecule has 1 heterocycles. The maximum Gasteiger partial charge on any atom is 0.139 e. The molecule has 10 aromatic carbocycles. The number of furan rings is 1. The molecular formula is C50H38B8O. The third-order valence-electron chi connectivity index (χ3n) is 14.3. The number of hydrogen-bond donors (Lipinski definition) is 0. The summed E-state index contributed by atoms with van der Waals surface area (Å²) in [6.45, 7) is 0. The topological polar surface area (TPSA) is 13.1 Å². The molecule has 0 spiro atoms. The fourth-order valence-corrected chi connectivity index (χ4v) is 10.5. The Morgan fingerprint density at radius 1 is 0.288 bits per heavy atom. The Morgan fingerprint density at radius 2 is 0.746 bits per heavy atom. The number of hydrogen-bond acceptors (Lipinski definition) is 1. The Balaban J connectivity index is 1.31. The minimum atomic E-state index is 0.918. The van der Waals surface area contributed by atoms with E-state index < -0.39 is 0 Å². The van der Waals surface area contributed by atoms with E-state index in [4.69, 9.17) is 4.42 Å². The highest BCUT2D eigenvalue weighted by molar-refractivity contribution is 6.71. The summed E-state index contributed by atoms with van der Waals surface area (Å²) in [6.07, 6.45) is 0. The van der Waals surface area contributed by atoms with Gasteiger partial charge in [-0.1, -0.05) is 131 Å². The summed E-state index contributed by atoms with van der Waals surface area (Å²) < 4.78 is 6.56. The zero-order valence-electron chi connectivity index (χ0n) is 35.1. The van der Waals surface area contributed by atoms with E-state index in [9.17, 15) is 0 Å². The summed E-state index contributed by atoms with van der Waals surface area (Å²) in [5.74, 6) is 0. The van der Waals surface area contributed by atoms with Crippen LogP contribution in [0.15, 0.2) is 138 Å². The lowest BCUT2D eigenvalue weighted by molar-refractivity contribution is 0.669. The predicted molar refractivity (Wildman–Crippen MR) is 283 cm³/mol. The molecule has 0 aliphatic rings. The van der Waals surface area contributed by atoms with Crippen LogP contribution in [0.25, 0.3) is 109 Å². The van der Waals surface area contributed by atoms with Crippen LogP contribution in [0, 0.1) is 0 Å². The molecule has 0 saturated heterocycles. The molecule has 1 aromatic heterocycles. The summed E-state index contributed by atoms with van der Waals surface area (Å²) in [7, 11) is 18.7. The van der Waals surface area contributed by atoms with Crippen LogP contribution < -0.4 is 43.7 Å². The lowest BCUT2D eigenvalue weighted by Crippen LogP contribution is -2.50. The van der Waals surface area contributed by atoms with Crippen molar-refractivity contribution in [3.05, 3.63) is 133 Å². The lowest BCUT2D eigenvalue weighted by Gasteiger charge is -2.28. The molecule has 0 N–H and O–H groups in total. The molecule has 0 radical (unpaired) electrons. The van der Waals surface area contributed by atoms with Gasteiger partial charge >= 0.3 is 0 Å². The third-order valence-corrected chi connectivity index (χ3v) is 14.3. The van der Waals surface area contributed by atoms with E-state index in [1.54, 1.807) is 0 Å². The summed E-state index contributed by atoms with van der Waals surface area (Å²) >= 11 is 0. The highest BCUT2D eigenvalue weighted by atomic mass is 16.3. The van der Waals surface area contributed by atoms with Crippen LogP contribution in [0.3, 0.4) is 0 Å². The van der Waals surface area contributed by atoms with Crippen molar-refractivity contribution in [3.63, 3.8) is 0 Å². The molecule has 0 fully saturated rings. The molecule has 11 rings (SSSR count). The third kappa shape index (κ3) is 5.10. The zero-order chi connectivity index (χ0) is 40.4. The molecule has 11 aromatic rings. The van der Waals surface area contributed by atoms with E-state index in [1.165, 1.54) is 131 Å². The van der Waals surface area contributed by atoms with E-state index in [1.807, 2.05) is 0 Å². The van der Waals surface area contributed by atoms with Gasteiger partial charge in [0.25, 0.3) is 0 Å². The van der Waals surface area contributed by atoms with Crippen LogP contribution in [0.1, 0.15) is 0 Å². The molecular weight excluding hydrogens is 703 g/mol. The van der Waals surface area contributed by atoms with Crippen LogP contribution in [0.2, 0.25) is 0 Å². The molecule has 0 bridgehead atoms. The molecule has 268 valence electrons. The summed E-state index contributed by atoms with van der Waals surface area (Å²) in [4.78, 5) is 0. The lowest BCUT2D eigenvalue weighted by atomic mass is 9.59. The largest absolute Gasteiger partial charge is 0.456 e. The molecule has 0 amide bonds. The van der Waals surface area contributed by atoms with Crippen molar-refractivity contribution in [1.82, 2.24) is 0 Å². The van der Waals surface area contributed by atoms with Gasteiger partial charge in [-0.15, -0.1) is 21.9 Å². The van der Waals surface area contributed by atoms with Crippen molar-refractivity contribution in [3.8, 4) is 33.4 Å². The Morgan fingerprint density at radius 3 is 1.37 bits per heavy atom. The van der Waals surface area contributed by atoms with Crippen LogP contribution in [0.4, 0.5) is 0 Å². The predicted octanol–water partition coefficient (Wildman–Crippen LogP) is 0.420. The fourth-order valence-electron chi connectivity index (χ4n) is 10.5. The highest BCUT2D eigenvalue weighted by Crippen LogP contribution is 2.46. The molecule has 1 nitrogen and oxygen atoms in total. The highest BCUT2D eigenvalue weighted by Gasteiger charge is 2.26. The second-order valence-corrected chi connectivity index (χ2v) is 17.0. The summed E-state index contributed by atoms with van der Waals surface area (Å²) in [5, 5.41) is 15.2. The molecule has 0 aliphatic heterocycles. The Hall–Kier alpha value is -6.18. The van der Waals surface area contributed by atoms with Crippen molar-refractivity contribution in [2.75, 3.05) is 0 Å². The number of benzene rings is 10. The summed E-state index contributed by atoms with van der Waals surface area (Å²) in [6, 6.07) is 49.3. The minimum Gasteiger partial charge on any atom is -0.456 e. The minimum absolute atomic E-state index is 0.918. The summed E-state index contributed by atoms with van der Waals surface area (Å²) in [5.41, 5.74) is 20.4. The Labute approximate surface area is 351 Å². The Kier molecular flexibility index (Phi) is 8.02. The Bertz CT molecular complexity index is 3580. The first-order valence-electron chi connectivity index (χ1n) is 20.9. The molecule has 0 saturated carbocycles. The van der Waals surface area contributed by atoms with E-state index in [0.717, 1.165) is 21.9 Å². The van der Waals surface area contributed by atoms with Gasteiger partial charge in [-0.25, -0.2) is 0 Å². The molecule has 0 atom stereocenters. The van der Waals surface area contributed by atoms with Crippen LogP contribution in [0.5, 0.6) is 0 Å². The first kappa shape index (κ1) is 35.9.